The average molecular weight is 569 g/mol. The third kappa shape index (κ3) is 7.40. The highest BCUT2D eigenvalue weighted by molar-refractivity contribution is 14.0. The van der Waals surface area contributed by atoms with Gasteiger partial charge in [0.2, 0.25) is 0 Å². The maximum Gasteiger partial charge on any atom is 0.191 e. The first-order valence-corrected chi connectivity index (χ1v) is 11.1. The van der Waals surface area contributed by atoms with E-state index in [4.69, 9.17) is 14.2 Å². The lowest BCUT2D eigenvalue weighted by molar-refractivity contribution is 0.134. The van der Waals surface area contributed by atoms with Crippen molar-refractivity contribution in [3.63, 3.8) is 0 Å². The third-order valence-corrected chi connectivity index (χ3v) is 6.04. The molecule has 3 rings (SSSR count). The van der Waals surface area contributed by atoms with Gasteiger partial charge in [-0.15, -0.1) is 24.0 Å². The summed E-state index contributed by atoms with van der Waals surface area (Å²) in [4.78, 5) is 6.98. The minimum atomic E-state index is 0. The van der Waals surface area contributed by atoms with Crippen molar-refractivity contribution in [1.82, 2.24) is 15.5 Å². The fourth-order valence-electron chi connectivity index (χ4n) is 4.20. The van der Waals surface area contributed by atoms with E-state index in [1.165, 1.54) is 5.56 Å². The molecule has 182 valence electrons. The summed E-state index contributed by atoms with van der Waals surface area (Å²) in [5.74, 6) is 2.85. The van der Waals surface area contributed by atoms with Gasteiger partial charge >= 0.3 is 0 Å². The molecule has 8 heteroatoms. The van der Waals surface area contributed by atoms with Crippen molar-refractivity contribution in [3.8, 4) is 17.2 Å². The summed E-state index contributed by atoms with van der Waals surface area (Å²) in [5, 5.41) is 7.01. The second-order valence-corrected chi connectivity index (χ2v) is 8.12. The molecule has 2 N–H and O–H groups in total. The smallest absolute Gasteiger partial charge is 0.191 e. The number of halogens is 1. The van der Waals surface area contributed by atoms with Crippen LogP contribution in [0, 0.1) is 0 Å². The van der Waals surface area contributed by atoms with Gasteiger partial charge in [-0.3, -0.25) is 9.89 Å². The van der Waals surface area contributed by atoms with Crippen LogP contribution in [0.25, 0.3) is 0 Å². The lowest BCUT2D eigenvalue weighted by Gasteiger charge is -2.38. The molecule has 0 spiro atoms. The SMILES string of the molecule is CN=C(NCc1cc(OC)c(OC)cc1OC)NC1CCN(Cc2ccccc2)C(C)C1.I. The van der Waals surface area contributed by atoms with Gasteiger partial charge in [-0.1, -0.05) is 30.3 Å². The fraction of sp³-hybridized carbons (Fsp3) is 0.480. The van der Waals surface area contributed by atoms with Crippen LogP contribution in [0.4, 0.5) is 0 Å². The molecule has 0 aliphatic carbocycles. The maximum absolute atomic E-state index is 5.54. The molecule has 1 heterocycles. The summed E-state index contributed by atoms with van der Waals surface area (Å²) in [6.07, 6.45) is 2.16. The monoisotopic (exact) mass is 568 g/mol. The minimum absolute atomic E-state index is 0. The Hall–Kier alpha value is -2.20. The first-order chi connectivity index (χ1) is 15.6. The molecule has 1 saturated heterocycles. The maximum atomic E-state index is 5.54. The number of hydrogen-bond acceptors (Lipinski definition) is 5. The zero-order chi connectivity index (χ0) is 22.9. The molecule has 1 fully saturated rings. The molecule has 1 aliphatic heterocycles. The van der Waals surface area contributed by atoms with E-state index < -0.39 is 0 Å². The first-order valence-electron chi connectivity index (χ1n) is 11.1. The van der Waals surface area contributed by atoms with E-state index in [1.807, 2.05) is 12.1 Å². The van der Waals surface area contributed by atoms with E-state index in [0.717, 1.165) is 43.2 Å². The Balaban J connectivity index is 0.00000385. The van der Waals surface area contributed by atoms with Crippen LogP contribution in [0.15, 0.2) is 47.5 Å². The quantitative estimate of drug-likeness (QED) is 0.285. The summed E-state index contributed by atoms with van der Waals surface area (Å²) >= 11 is 0. The van der Waals surface area contributed by atoms with E-state index in [0.29, 0.717) is 30.1 Å². The van der Waals surface area contributed by atoms with Crippen molar-refractivity contribution in [3.05, 3.63) is 53.6 Å². The Morgan fingerprint density at radius 1 is 1.03 bits per heavy atom. The van der Waals surface area contributed by atoms with Gasteiger partial charge in [-0.25, -0.2) is 0 Å². The van der Waals surface area contributed by atoms with Crippen LogP contribution in [0.2, 0.25) is 0 Å². The molecule has 0 aromatic heterocycles. The number of nitrogens with zero attached hydrogens (tertiary/aromatic N) is 2. The third-order valence-electron chi connectivity index (χ3n) is 6.04. The number of aliphatic imine (C=N–C) groups is 1. The molecule has 2 aromatic rings. The number of benzene rings is 2. The van der Waals surface area contributed by atoms with Gasteiger partial charge in [0, 0.05) is 50.4 Å². The zero-order valence-corrected chi connectivity index (χ0v) is 22.6. The number of guanidine groups is 1. The highest BCUT2D eigenvalue weighted by Gasteiger charge is 2.26. The Labute approximate surface area is 214 Å². The van der Waals surface area contributed by atoms with Gasteiger partial charge < -0.3 is 24.8 Å². The first kappa shape index (κ1) is 27.0. The molecule has 0 bridgehead atoms. The summed E-state index contributed by atoms with van der Waals surface area (Å²) < 4.78 is 16.3. The van der Waals surface area contributed by atoms with Crippen LogP contribution in [0.1, 0.15) is 30.9 Å². The summed E-state index contributed by atoms with van der Waals surface area (Å²) in [6.45, 7) is 4.93. The van der Waals surface area contributed by atoms with Crippen LogP contribution in [-0.4, -0.2) is 57.9 Å². The number of hydrogen-bond donors (Lipinski definition) is 2. The molecular weight excluding hydrogens is 531 g/mol. The molecule has 2 unspecified atom stereocenters. The average Bonchev–Trinajstić information content (AvgIpc) is 2.83. The number of nitrogens with one attached hydrogen (secondary N) is 2. The van der Waals surface area contributed by atoms with Gasteiger partial charge in [0.05, 0.1) is 21.3 Å². The second-order valence-electron chi connectivity index (χ2n) is 8.12. The summed E-state index contributed by atoms with van der Waals surface area (Å²) in [7, 11) is 6.71. The number of methoxy groups -OCH3 is 3. The Morgan fingerprint density at radius 2 is 1.70 bits per heavy atom. The molecule has 1 aliphatic rings. The van der Waals surface area contributed by atoms with Crippen molar-refractivity contribution in [2.24, 2.45) is 4.99 Å². The van der Waals surface area contributed by atoms with Gasteiger partial charge in [0.15, 0.2) is 17.5 Å². The zero-order valence-electron chi connectivity index (χ0n) is 20.3. The molecule has 0 amide bonds. The van der Waals surface area contributed by atoms with Crippen LogP contribution in [-0.2, 0) is 13.1 Å². The van der Waals surface area contributed by atoms with E-state index in [2.05, 4.69) is 57.8 Å². The molecule has 2 atom stereocenters. The van der Waals surface area contributed by atoms with Crippen LogP contribution in [0.5, 0.6) is 17.2 Å². The minimum Gasteiger partial charge on any atom is -0.496 e. The van der Waals surface area contributed by atoms with E-state index in [-0.39, 0.29) is 24.0 Å². The van der Waals surface area contributed by atoms with Crippen molar-refractivity contribution >= 4 is 29.9 Å². The Kier molecular flexibility index (Phi) is 11.1. The van der Waals surface area contributed by atoms with Crippen molar-refractivity contribution in [1.29, 1.82) is 0 Å². The predicted molar refractivity (Wildman–Crippen MR) is 144 cm³/mol. The molecular formula is C25H37IN4O3. The highest BCUT2D eigenvalue weighted by Crippen LogP contribution is 2.34. The lowest BCUT2D eigenvalue weighted by Crippen LogP contribution is -2.51. The lowest BCUT2D eigenvalue weighted by atomic mass is 9.97. The second kappa shape index (κ2) is 13.5. The number of piperidine rings is 1. The normalized spacial score (nSPS) is 18.8. The van der Waals surface area contributed by atoms with Crippen LogP contribution < -0.4 is 24.8 Å². The van der Waals surface area contributed by atoms with Crippen LogP contribution in [0.3, 0.4) is 0 Å². The Morgan fingerprint density at radius 3 is 2.30 bits per heavy atom. The van der Waals surface area contributed by atoms with Gasteiger partial charge in [-0.05, 0) is 31.4 Å². The van der Waals surface area contributed by atoms with Gasteiger partial charge in [0.25, 0.3) is 0 Å². The summed E-state index contributed by atoms with van der Waals surface area (Å²) in [5.41, 5.74) is 2.34. The molecule has 33 heavy (non-hydrogen) atoms. The molecule has 0 radical (unpaired) electrons. The standard InChI is InChI=1S/C25H36N4O3.HI/c1-18-13-21(11-12-29(18)17-19-9-7-6-8-10-19)28-25(26-2)27-16-20-14-23(31-4)24(32-5)15-22(20)30-3;/h6-10,14-15,18,21H,11-13,16-17H2,1-5H3,(H2,26,27,28);1H. The van der Waals surface area contributed by atoms with Gasteiger partial charge in [0.1, 0.15) is 5.75 Å². The predicted octanol–water partition coefficient (Wildman–Crippen LogP) is 4.05. The number of ether oxygens (including phenoxy) is 3. The molecule has 7 nitrogen and oxygen atoms in total. The molecule has 2 aromatic carbocycles. The number of rotatable bonds is 8. The summed E-state index contributed by atoms with van der Waals surface area (Å²) in [6, 6.07) is 15.4. The van der Waals surface area contributed by atoms with E-state index >= 15 is 0 Å². The topological polar surface area (TPSA) is 67.4 Å². The van der Waals surface area contributed by atoms with E-state index in [1.54, 1.807) is 28.4 Å². The van der Waals surface area contributed by atoms with Crippen molar-refractivity contribution < 1.29 is 14.2 Å². The molecule has 0 saturated carbocycles. The van der Waals surface area contributed by atoms with E-state index in [9.17, 15) is 0 Å². The van der Waals surface area contributed by atoms with Crippen molar-refractivity contribution in [2.75, 3.05) is 34.9 Å². The highest BCUT2D eigenvalue weighted by atomic mass is 127. The van der Waals surface area contributed by atoms with Crippen molar-refractivity contribution in [2.45, 2.75) is 44.9 Å². The fourth-order valence-corrected chi connectivity index (χ4v) is 4.20. The van der Waals surface area contributed by atoms with Gasteiger partial charge in [-0.2, -0.15) is 0 Å². The number of likely N-dealkylation sites (tertiary alicyclic amines) is 1. The largest absolute Gasteiger partial charge is 0.496 e. The van der Waals surface area contributed by atoms with Crippen LogP contribution >= 0.6 is 24.0 Å². The Bertz CT molecular complexity index is 895.